The number of carboxylic acids is 1. The zero-order valence-electron chi connectivity index (χ0n) is 8.73. The Labute approximate surface area is 96.3 Å². The van der Waals surface area contributed by atoms with E-state index in [2.05, 4.69) is 25.9 Å². The molecule has 5 nitrogen and oxygen atoms in total. The average Bonchev–Trinajstić information content (AvgIpc) is 2.16. The predicted molar refractivity (Wildman–Crippen MR) is 60.2 cm³/mol. The molecule has 0 spiro atoms. The molecule has 15 heavy (non-hydrogen) atoms. The van der Waals surface area contributed by atoms with E-state index in [-0.39, 0.29) is 11.7 Å². The fourth-order valence-corrected chi connectivity index (χ4v) is 1.65. The van der Waals surface area contributed by atoms with E-state index in [9.17, 15) is 4.79 Å². The van der Waals surface area contributed by atoms with E-state index in [1.165, 1.54) is 6.33 Å². The first-order valence-electron chi connectivity index (χ1n) is 4.41. The fraction of sp³-hybridized carbons (Fsp3) is 0.444. The Morgan fingerprint density at radius 3 is 2.60 bits per heavy atom. The Morgan fingerprint density at radius 2 is 2.13 bits per heavy atom. The van der Waals surface area contributed by atoms with Crippen LogP contribution < -0.4 is 4.90 Å². The van der Waals surface area contributed by atoms with Gasteiger partial charge >= 0.3 is 5.97 Å². The van der Waals surface area contributed by atoms with Crippen LogP contribution in [0.3, 0.4) is 0 Å². The molecule has 1 aromatic heterocycles. The van der Waals surface area contributed by atoms with Gasteiger partial charge in [0.1, 0.15) is 12.1 Å². The molecule has 0 aliphatic carbocycles. The number of carboxylic acid groups (broad SMARTS) is 1. The molecule has 1 rings (SSSR count). The summed E-state index contributed by atoms with van der Waals surface area (Å²) in [6, 6.07) is 0.234. The van der Waals surface area contributed by atoms with Gasteiger partial charge in [-0.1, -0.05) is 0 Å². The van der Waals surface area contributed by atoms with E-state index >= 15 is 0 Å². The maximum Gasteiger partial charge on any atom is 0.355 e. The van der Waals surface area contributed by atoms with E-state index in [4.69, 9.17) is 5.11 Å². The highest BCUT2D eigenvalue weighted by Gasteiger charge is 2.18. The largest absolute Gasteiger partial charge is 0.476 e. The molecule has 1 heterocycles. The highest BCUT2D eigenvalue weighted by Crippen LogP contribution is 2.26. The summed E-state index contributed by atoms with van der Waals surface area (Å²) >= 11 is 3.20. The highest BCUT2D eigenvalue weighted by molar-refractivity contribution is 9.10. The Balaban J connectivity index is 3.21. The van der Waals surface area contributed by atoms with Gasteiger partial charge in [0, 0.05) is 13.1 Å². The molecule has 0 fully saturated rings. The van der Waals surface area contributed by atoms with Gasteiger partial charge in [-0.3, -0.25) is 0 Å². The van der Waals surface area contributed by atoms with Crippen LogP contribution in [0.5, 0.6) is 0 Å². The molecule has 0 bridgehead atoms. The summed E-state index contributed by atoms with van der Waals surface area (Å²) < 4.78 is 0.411. The number of hydrogen-bond donors (Lipinski definition) is 1. The van der Waals surface area contributed by atoms with Crippen molar-refractivity contribution >= 4 is 27.7 Å². The molecule has 0 aliphatic heterocycles. The molecule has 1 N–H and O–H groups in total. The van der Waals surface area contributed by atoms with Crippen molar-refractivity contribution in [2.24, 2.45) is 0 Å². The third-order valence-corrected chi connectivity index (χ3v) is 2.81. The lowest BCUT2D eigenvalue weighted by molar-refractivity contribution is 0.0689. The molecule has 1 aromatic rings. The number of rotatable bonds is 3. The van der Waals surface area contributed by atoms with Crippen LogP contribution in [-0.4, -0.2) is 34.1 Å². The van der Waals surface area contributed by atoms with E-state index in [1.807, 2.05) is 25.8 Å². The smallest absolute Gasteiger partial charge is 0.355 e. The van der Waals surface area contributed by atoms with Gasteiger partial charge in [0.2, 0.25) is 0 Å². The van der Waals surface area contributed by atoms with E-state index < -0.39 is 5.97 Å². The maximum absolute atomic E-state index is 10.8. The van der Waals surface area contributed by atoms with E-state index in [1.54, 1.807) is 0 Å². The number of hydrogen-bond acceptors (Lipinski definition) is 4. The lowest BCUT2D eigenvalue weighted by Crippen LogP contribution is -2.27. The number of anilines is 1. The standard InChI is InChI=1S/C9H12BrN3O2/c1-5(2)13(3)8-6(10)7(9(14)15)11-4-12-8/h4-5H,1-3H3,(H,14,15). The Bertz CT molecular complexity index is 382. The minimum absolute atomic E-state index is 0.0208. The molecular weight excluding hydrogens is 262 g/mol. The van der Waals surface area contributed by atoms with E-state index in [0.29, 0.717) is 10.3 Å². The Morgan fingerprint density at radius 1 is 1.53 bits per heavy atom. The van der Waals surface area contributed by atoms with Gasteiger partial charge in [-0.25, -0.2) is 14.8 Å². The molecular formula is C9H12BrN3O2. The van der Waals surface area contributed by atoms with Crippen LogP contribution in [0.15, 0.2) is 10.8 Å². The lowest BCUT2D eigenvalue weighted by atomic mass is 10.3. The van der Waals surface area contributed by atoms with Gasteiger partial charge < -0.3 is 10.0 Å². The average molecular weight is 274 g/mol. The second kappa shape index (κ2) is 4.57. The van der Waals surface area contributed by atoms with Crippen molar-refractivity contribution in [2.75, 3.05) is 11.9 Å². The van der Waals surface area contributed by atoms with Crippen LogP contribution in [0.4, 0.5) is 5.82 Å². The van der Waals surface area contributed by atoms with Crippen molar-refractivity contribution in [3.05, 3.63) is 16.5 Å². The van der Waals surface area contributed by atoms with Crippen molar-refractivity contribution in [1.29, 1.82) is 0 Å². The molecule has 0 radical (unpaired) electrons. The first-order chi connectivity index (χ1) is 6.95. The summed E-state index contributed by atoms with van der Waals surface area (Å²) in [5, 5.41) is 8.87. The Hall–Kier alpha value is -1.17. The molecule has 6 heteroatoms. The molecule has 0 aromatic carbocycles. The first-order valence-corrected chi connectivity index (χ1v) is 5.21. The van der Waals surface area contributed by atoms with Crippen LogP contribution >= 0.6 is 15.9 Å². The van der Waals surface area contributed by atoms with Crippen molar-refractivity contribution in [2.45, 2.75) is 19.9 Å². The molecule has 0 aliphatic rings. The van der Waals surface area contributed by atoms with Gasteiger partial charge in [0.25, 0.3) is 0 Å². The normalized spacial score (nSPS) is 10.5. The molecule has 0 atom stereocenters. The van der Waals surface area contributed by atoms with Crippen molar-refractivity contribution in [3.8, 4) is 0 Å². The van der Waals surface area contributed by atoms with Crippen molar-refractivity contribution < 1.29 is 9.90 Å². The van der Waals surface area contributed by atoms with Crippen molar-refractivity contribution in [3.63, 3.8) is 0 Å². The molecule has 0 unspecified atom stereocenters. The lowest BCUT2D eigenvalue weighted by Gasteiger charge is -2.23. The number of carbonyl (C=O) groups is 1. The van der Waals surface area contributed by atoms with E-state index in [0.717, 1.165) is 0 Å². The second-order valence-electron chi connectivity index (χ2n) is 3.37. The highest BCUT2D eigenvalue weighted by atomic mass is 79.9. The SMILES string of the molecule is CC(C)N(C)c1ncnc(C(=O)O)c1Br. The minimum atomic E-state index is -1.07. The van der Waals surface area contributed by atoms with Gasteiger partial charge in [-0.05, 0) is 29.8 Å². The Kier molecular flexibility index (Phi) is 3.62. The molecule has 0 amide bonds. The summed E-state index contributed by atoms with van der Waals surface area (Å²) in [5.41, 5.74) is -0.0208. The van der Waals surface area contributed by atoms with Crippen LogP contribution in [0.25, 0.3) is 0 Å². The van der Waals surface area contributed by atoms with Crippen LogP contribution in [-0.2, 0) is 0 Å². The predicted octanol–water partition coefficient (Wildman–Crippen LogP) is 1.78. The van der Waals surface area contributed by atoms with Crippen LogP contribution in [0, 0.1) is 0 Å². The zero-order chi connectivity index (χ0) is 11.6. The molecule has 0 saturated heterocycles. The summed E-state index contributed by atoms with van der Waals surface area (Å²) in [4.78, 5) is 20.4. The zero-order valence-corrected chi connectivity index (χ0v) is 10.3. The minimum Gasteiger partial charge on any atom is -0.476 e. The number of aromatic carboxylic acids is 1. The molecule has 0 saturated carbocycles. The number of aromatic nitrogens is 2. The second-order valence-corrected chi connectivity index (χ2v) is 4.16. The quantitative estimate of drug-likeness (QED) is 0.910. The number of nitrogens with zero attached hydrogens (tertiary/aromatic N) is 3. The maximum atomic E-state index is 10.8. The van der Waals surface area contributed by atoms with Crippen molar-refractivity contribution in [1.82, 2.24) is 9.97 Å². The van der Waals surface area contributed by atoms with Gasteiger partial charge in [0.05, 0.1) is 4.47 Å². The molecule has 82 valence electrons. The van der Waals surface area contributed by atoms with Gasteiger partial charge in [0.15, 0.2) is 5.69 Å². The summed E-state index contributed by atoms with van der Waals surface area (Å²) in [6.07, 6.45) is 1.25. The van der Waals surface area contributed by atoms with Gasteiger partial charge in [-0.2, -0.15) is 0 Å². The number of halogens is 1. The van der Waals surface area contributed by atoms with Gasteiger partial charge in [-0.15, -0.1) is 0 Å². The summed E-state index contributed by atoms with van der Waals surface area (Å²) in [7, 11) is 1.85. The topological polar surface area (TPSA) is 66.3 Å². The summed E-state index contributed by atoms with van der Waals surface area (Å²) in [5.74, 6) is -0.486. The third kappa shape index (κ3) is 2.44. The summed E-state index contributed by atoms with van der Waals surface area (Å²) in [6.45, 7) is 3.99. The monoisotopic (exact) mass is 273 g/mol. The fourth-order valence-electron chi connectivity index (χ4n) is 1.00. The van der Waals surface area contributed by atoms with Crippen LogP contribution in [0.2, 0.25) is 0 Å². The van der Waals surface area contributed by atoms with Crippen LogP contribution in [0.1, 0.15) is 24.3 Å². The first kappa shape index (κ1) is 11.9. The third-order valence-electron chi connectivity index (χ3n) is 2.08.